The Labute approximate surface area is 295 Å². The Bertz CT molecular complexity index is 2130. The number of aromatic nitrogens is 2. The summed E-state index contributed by atoms with van der Waals surface area (Å²) >= 11 is 0. The van der Waals surface area contributed by atoms with E-state index < -0.39 is 65.4 Å². The molecule has 0 N–H and O–H groups in total. The minimum atomic E-state index is -4.66. The molecule has 10 nitrogen and oxygen atoms in total. The summed E-state index contributed by atoms with van der Waals surface area (Å²) in [7, 11) is -8.61. The number of carbonyl (C=O) groups is 2. The van der Waals surface area contributed by atoms with Crippen LogP contribution in [-0.2, 0) is 32.4 Å². The molecule has 0 bridgehead atoms. The van der Waals surface area contributed by atoms with Crippen molar-refractivity contribution < 1.29 is 52.8 Å². The highest BCUT2D eigenvalue weighted by molar-refractivity contribution is 7.93. The second kappa shape index (κ2) is 13.6. The Morgan fingerprint density at radius 2 is 0.962 bits per heavy atom. The molecule has 52 heavy (non-hydrogen) atoms. The van der Waals surface area contributed by atoms with E-state index in [9.17, 15) is 52.8 Å². The number of hydrogen-bond donors (Lipinski definition) is 0. The van der Waals surface area contributed by atoms with Crippen molar-refractivity contribution in [2.75, 3.05) is 8.61 Å². The first kappa shape index (κ1) is 38.4. The number of aryl methyl sites for hydroxylation is 2. The van der Waals surface area contributed by atoms with Crippen molar-refractivity contribution in [3.63, 3.8) is 0 Å². The molecule has 2 aliphatic rings. The number of Topliss-reactive ketones (excluding diaryl/α,β-unsaturated/α-hetero) is 2. The molecule has 0 amide bonds. The molecular formula is C34H30F6N4O6S2. The topological polar surface area (TPSA) is 135 Å². The molecule has 2 aromatic carbocycles. The first-order valence-corrected chi connectivity index (χ1v) is 18.3. The lowest BCUT2D eigenvalue weighted by atomic mass is 10.0. The van der Waals surface area contributed by atoms with E-state index in [1.54, 1.807) is 13.8 Å². The fourth-order valence-electron chi connectivity index (χ4n) is 5.87. The average molecular weight is 769 g/mol. The summed E-state index contributed by atoms with van der Waals surface area (Å²) in [6.45, 7) is 6.45. The van der Waals surface area contributed by atoms with Crippen molar-refractivity contribution in [1.29, 1.82) is 0 Å². The van der Waals surface area contributed by atoms with E-state index in [2.05, 4.69) is 9.97 Å². The van der Waals surface area contributed by atoms with Crippen molar-refractivity contribution in [2.24, 2.45) is 0 Å². The normalized spacial score (nSPS) is 18.0. The van der Waals surface area contributed by atoms with Gasteiger partial charge in [0.05, 0.1) is 44.4 Å². The van der Waals surface area contributed by atoms with Crippen molar-refractivity contribution in [3.05, 3.63) is 107 Å². The molecule has 2 aromatic heterocycles. The number of pyridine rings is 2. The summed E-state index contributed by atoms with van der Waals surface area (Å²) in [6, 6.07) is 8.65. The highest BCUT2D eigenvalue weighted by Gasteiger charge is 2.41. The molecule has 0 saturated carbocycles. The fraction of sp³-hybridized carbons (Fsp3) is 0.294. The third kappa shape index (κ3) is 7.39. The zero-order valence-electron chi connectivity index (χ0n) is 27.8. The number of carbonyl (C=O) groups excluding carboxylic acids is 2. The number of nitrogens with zero attached hydrogens (tertiary/aromatic N) is 4. The monoisotopic (exact) mass is 768 g/mol. The minimum absolute atomic E-state index is 0.00394. The molecule has 18 heteroatoms. The summed E-state index contributed by atoms with van der Waals surface area (Å²) in [5.41, 5.74) is -0.653. The third-order valence-corrected chi connectivity index (χ3v) is 12.1. The summed E-state index contributed by atoms with van der Waals surface area (Å²) in [5.74, 6) is -0.606. The van der Waals surface area contributed by atoms with Gasteiger partial charge in [-0.25, -0.2) is 16.8 Å². The molecule has 0 radical (unpaired) electrons. The van der Waals surface area contributed by atoms with E-state index in [0.717, 1.165) is 45.0 Å². The van der Waals surface area contributed by atoms with Gasteiger partial charge in [0.25, 0.3) is 20.0 Å². The number of benzene rings is 2. The molecule has 0 saturated heterocycles. The molecule has 6 rings (SSSR count). The van der Waals surface area contributed by atoms with Crippen molar-refractivity contribution in [2.45, 2.75) is 74.8 Å². The Kier molecular flexibility index (Phi) is 10.1. The Morgan fingerprint density at radius 3 is 1.29 bits per heavy atom. The zero-order valence-corrected chi connectivity index (χ0v) is 29.5. The van der Waals surface area contributed by atoms with Crippen LogP contribution in [0.3, 0.4) is 0 Å². The fourth-order valence-corrected chi connectivity index (χ4v) is 9.27. The third-order valence-electron chi connectivity index (χ3n) is 8.21. The van der Waals surface area contributed by atoms with Crippen LogP contribution in [0, 0.1) is 13.8 Å². The van der Waals surface area contributed by atoms with Crippen LogP contribution >= 0.6 is 0 Å². The molecule has 0 unspecified atom stereocenters. The molecule has 4 aromatic rings. The smallest absolute Gasteiger partial charge is 0.292 e. The van der Waals surface area contributed by atoms with Crippen molar-refractivity contribution in [1.82, 2.24) is 9.97 Å². The van der Waals surface area contributed by atoms with Gasteiger partial charge in [-0.05, 0) is 87.4 Å². The van der Waals surface area contributed by atoms with Gasteiger partial charge in [-0.2, -0.15) is 26.3 Å². The van der Waals surface area contributed by atoms with Crippen molar-refractivity contribution in [3.8, 4) is 0 Å². The lowest BCUT2D eigenvalue weighted by Crippen LogP contribution is -2.44. The Balaban J connectivity index is 0.000000201. The second-order valence-electron chi connectivity index (χ2n) is 12.4. The number of ketones is 2. The Hall–Kier alpha value is -4.84. The zero-order chi connectivity index (χ0) is 38.6. The van der Waals surface area contributed by atoms with Gasteiger partial charge in [0.1, 0.15) is 11.4 Å². The standard InChI is InChI=1S/2C17H15F3N2O3S/c2*1-10-6-14-16(21-9-10)15(23)7-11(2)22(14)26(24,25)13-5-3-4-12(8-13)17(18,19)20/h2*3-6,8-9,11H,7H2,1-2H3/t2*11-/m10/s1. The quantitative estimate of drug-likeness (QED) is 0.200. The maximum absolute atomic E-state index is 13.1. The van der Waals surface area contributed by atoms with Crippen LogP contribution in [0.5, 0.6) is 0 Å². The van der Waals surface area contributed by atoms with Crippen LogP contribution in [-0.4, -0.2) is 50.5 Å². The molecule has 2 aliphatic heterocycles. The molecule has 276 valence electrons. The number of sulfonamides is 2. The molecular weight excluding hydrogens is 739 g/mol. The molecule has 4 heterocycles. The average Bonchev–Trinajstić information content (AvgIpc) is 3.04. The molecule has 2 atom stereocenters. The number of rotatable bonds is 4. The summed E-state index contributed by atoms with van der Waals surface area (Å²) in [5, 5.41) is 0. The van der Waals surface area contributed by atoms with E-state index in [0.29, 0.717) is 23.3 Å². The van der Waals surface area contributed by atoms with Gasteiger partial charge in [0, 0.05) is 25.2 Å². The minimum Gasteiger partial charge on any atom is -0.292 e. The van der Waals surface area contributed by atoms with E-state index in [-0.39, 0.29) is 47.2 Å². The van der Waals surface area contributed by atoms with Gasteiger partial charge in [-0.15, -0.1) is 0 Å². The van der Waals surface area contributed by atoms with Crippen molar-refractivity contribution >= 4 is 43.0 Å². The predicted molar refractivity (Wildman–Crippen MR) is 177 cm³/mol. The highest BCUT2D eigenvalue weighted by atomic mass is 32.2. The van der Waals surface area contributed by atoms with Gasteiger partial charge < -0.3 is 0 Å². The first-order valence-electron chi connectivity index (χ1n) is 15.5. The summed E-state index contributed by atoms with van der Waals surface area (Å²) < 4.78 is 132. The van der Waals surface area contributed by atoms with E-state index in [4.69, 9.17) is 0 Å². The van der Waals surface area contributed by atoms with Crippen LogP contribution in [0.4, 0.5) is 37.7 Å². The maximum atomic E-state index is 13.1. The van der Waals surface area contributed by atoms with Gasteiger partial charge in [0.15, 0.2) is 11.6 Å². The summed E-state index contributed by atoms with van der Waals surface area (Å²) in [6.07, 6.45) is -6.62. The summed E-state index contributed by atoms with van der Waals surface area (Å²) in [4.78, 5) is 31.4. The van der Waals surface area contributed by atoms with Gasteiger partial charge >= 0.3 is 12.4 Å². The van der Waals surface area contributed by atoms with Crippen LogP contribution in [0.2, 0.25) is 0 Å². The lowest BCUT2D eigenvalue weighted by Gasteiger charge is -2.34. The van der Waals surface area contributed by atoms with Crippen LogP contribution in [0.25, 0.3) is 0 Å². The number of hydrogen-bond acceptors (Lipinski definition) is 8. The van der Waals surface area contributed by atoms with Gasteiger partial charge in [-0.3, -0.25) is 28.2 Å². The van der Waals surface area contributed by atoms with Crippen LogP contribution < -0.4 is 8.61 Å². The number of alkyl halides is 6. The molecule has 0 fully saturated rings. The van der Waals surface area contributed by atoms with Crippen LogP contribution in [0.1, 0.15) is 69.9 Å². The first-order chi connectivity index (χ1) is 24.0. The van der Waals surface area contributed by atoms with Gasteiger partial charge in [0.2, 0.25) is 0 Å². The Morgan fingerprint density at radius 1 is 0.615 bits per heavy atom. The number of anilines is 2. The second-order valence-corrected chi connectivity index (χ2v) is 16.0. The molecule has 0 spiro atoms. The van der Waals surface area contributed by atoms with E-state index in [1.807, 2.05) is 0 Å². The van der Waals surface area contributed by atoms with Gasteiger partial charge in [-0.1, -0.05) is 12.1 Å². The lowest BCUT2D eigenvalue weighted by molar-refractivity contribution is -0.138. The SMILES string of the molecule is Cc1cnc2c(c1)N(S(=O)(=O)c1cccc(C(F)(F)F)c1)[C@@H](C)CC2=O.Cc1cnc2c(c1)N(S(=O)(=O)c1cccc(C(F)(F)F)c1)[C@H](C)CC2=O. The number of halogens is 6. The highest BCUT2D eigenvalue weighted by Crippen LogP contribution is 2.38. The predicted octanol–water partition coefficient (Wildman–Crippen LogP) is 7.16. The number of fused-ring (bicyclic) bond motifs is 2. The van der Waals surface area contributed by atoms with E-state index in [1.165, 1.54) is 38.4 Å². The largest absolute Gasteiger partial charge is 0.416 e. The van der Waals surface area contributed by atoms with E-state index >= 15 is 0 Å². The van der Waals surface area contributed by atoms with Crippen LogP contribution in [0.15, 0.2) is 82.8 Å². The maximum Gasteiger partial charge on any atom is 0.416 e. The molecule has 0 aliphatic carbocycles.